The summed E-state index contributed by atoms with van der Waals surface area (Å²) in [4.78, 5) is 0. The molecule has 0 amide bonds. The molecule has 0 spiro atoms. The maximum absolute atomic E-state index is 4.25. The Morgan fingerprint density at radius 3 is 2.74 bits per heavy atom. The summed E-state index contributed by atoms with van der Waals surface area (Å²) in [5, 5.41) is 15.3. The average Bonchev–Trinajstić information content (AvgIpc) is 2.77. The van der Waals surface area contributed by atoms with Crippen molar-refractivity contribution in [2.24, 2.45) is 0 Å². The highest BCUT2D eigenvalue weighted by molar-refractivity contribution is 5.37. The molecule has 5 nitrogen and oxygen atoms in total. The number of rotatable bonds is 5. The van der Waals surface area contributed by atoms with Crippen LogP contribution in [0, 0.1) is 0 Å². The predicted molar refractivity (Wildman–Crippen MR) is 77.2 cm³/mol. The number of nitrogens with one attached hydrogen (secondary N) is 2. The molecule has 5 heteroatoms. The minimum atomic E-state index is 0.159. The van der Waals surface area contributed by atoms with E-state index in [0.717, 1.165) is 24.6 Å². The Hall–Kier alpha value is -1.46. The summed E-state index contributed by atoms with van der Waals surface area (Å²) in [6.07, 6.45) is 2.00. The highest BCUT2D eigenvalue weighted by atomic mass is 15.3. The van der Waals surface area contributed by atoms with Gasteiger partial charge >= 0.3 is 0 Å². The molecule has 0 saturated carbocycles. The SMILES string of the molecule is CC(NCCNC(C)(C)C)c1nnc2ccccn12. The minimum absolute atomic E-state index is 0.159. The molecular formula is C14H23N5. The van der Waals surface area contributed by atoms with Crippen LogP contribution in [-0.2, 0) is 0 Å². The normalized spacial score (nSPS) is 13.9. The molecule has 1 atom stereocenters. The predicted octanol–water partition coefficient (Wildman–Crippen LogP) is 1.77. The van der Waals surface area contributed by atoms with Crippen molar-refractivity contribution in [3.8, 4) is 0 Å². The monoisotopic (exact) mass is 261 g/mol. The van der Waals surface area contributed by atoms with Crippen LogP contribution in [0.25, 0.3) is 5.65 Å². The standard InChI is InChI=1S/C14H23N5/c1-11(15-8-9-16-14(2,3)4)13-18-17-12-7-5-6-10-19(12)13/h5-7,10-11,15-16H,8-9H2,1-4H3. The van der Waals surface area contributed by atoms with E-state index in [9.17, 15) is 0 Å². The van der Waals surface area contributed by atoms with Crippen LogP contribution in [0.2, 0.25) is 0 Å². The lowest BCUT2D eigenvalue weighted by Gasteiger charge is -2.21. The van der Waals surface area contributed by atoms with Crippen molar-refractivity contribution in [1.82, 2.24) is 25.2 Å². The van der Waals surface area contributed by atoms with E-state index in [4.69, 9.17) is 0 Å². The Balaban J connectivity index is 1.91. The first-order chi connectivity index (χ1) is 8.97. The lowest BCUT2D eigenvalue weighted by Crippen LogP contribution is -2.40. The third-order valence-corrected chi connectivity index (χ3v) is 2.96. The van der Waals surface area contributed by atoms with Gasteiger partial charge in [0, 0.05) is 24.8 Å². The van der Waals surface area contributed by atoms with E-state index in [1.807, 2.05) is 28.8 Å². The minimum Gasteiger partial charge on any atom is -0.311 e. The van der Waals surface area contributed by atoms with E-state index < -0.39 is 0 Å². The summed E-state index contributed by atoms with van der Waals surface area (Å²) in [6.45, 7) is 10.5. The highest BCUT2D eigenvalue weighted by Gasteiger charge is 2.13. The molecule has 2 rings (SSSR count). The van der Waals surface area contributed by atoms with Crippen LogP contribution >= 0.6 is 0 Å². The summed E-state index contributed by atoms with van der Waals surface area (Å²) in [5.74, 6) is 0.950. The van der Waals surface area contributed by atoms with Crippen LogP contribution in [0.5, 0.6) is 0 Å². The van der Waals surface area contributed by atoms with Crippen LogP contribution in [-0.4, -0.2) is 33.2 Å². The Bertz CT molecular complexity index is 526. The Kier molecular flexibility index (Phi) is 4.17. The molecule has 2 aromatic heterocycles. The van der Waals surface area contributed by atoms with Crippen molar-refractivity contribution in [2.45, 2.75) is 39.3 Å². The third-order valence-electron chi connectivity index (χ3n) is 2.96. The summed E-state index contributed by atoms with van der Waals surface area (Å²) in [5.41, 5.74) is 1.05. The van der Waals surface area contributed by atoms with Gasteiger partial charge in [-0.1, -0.05) is 6.07 Å². The summed E-state index contributed by atoms with van der Waals surface area (Å²) >= 11 is 0. The molecule has 0 aliphatic rings. The number of pyridine rings is 1. The Labute approximate surface area is 114 Å². The smallest absolute Gasteiger partial charge is 0.160 e. The molecule has 19 heavy (non-hydrogen) atoms. The lowest BCUT2D eigenvalue weighted by atomic mass is 10.1. The fraction of sp³-hybridized carbons (Fsp3) is 0.571. The zero-order valence-corrected chi connectivity index (χ0v) is 12.1. The topological polar surface area (TPSA) is 54.2 Å². The molecule has 104 valence electrons. The van der Waals surface area contributed by atoms with E-state index >= 15 is 0 Å². The molecule has 0 fully saturated rings. The zero-order valence-electron chi connectivity index (χ0n) is 12.1. The molecule has 1 unspecified atom stereocenters. The van der Waals surface area contributed by atoms with Gasteiger partial charge in [-0.05, 0) is 39.8 Å². The van der Waals surface area contributed by atoms with Gasteiger partial charge in [-0.25, -0.2) is 0 Å². The quantitative estimate of drug-likeness (QED) is 0.805. The number of fused-ring (bicyclic) bond motifs is 1. The maximum atomic E-state index is 4.25. The summed E-state index contributed by atoms with van der Waals surface area (Å²) in [6, 6.07) is 6.11. The van der Waals surface area contributed by atoms with Crippen molar-refractivity contribution in [3.05, 3.63) is 30.2 Å². The number of nitrogens with zero attached hydrogens (tertiary/aromatic N) is 3. The first kappa shape index (κ1) is 14.0. The van der Waals surface area contributed by atoms with Gasteiger partial charge < -0.3 is 10.6 Å². The van der Waals surface area contributed by atoms with Crippen LogP contribution in [0.3, 0.4) is 0 Å². The number of aromatic nitrogens is 3. The molecular weight excluding hydrogens is 238 g/mol. The Morgan fingerprint density at radius 1 is 1.21 bits per heavy atom. The van der Waals surface area contributed by atoms with Gasteiger partial charge in [0.2, 0.25) is 0 Å². The van der Waals surface area contributed by atoms with E-state index in [1.165, 1.54) is 0 Å². The average molecular weight is 261 g/mol. The molecule has 0 aliphatic heterocycles. The summed E-state index contributed by atoms with van der Waals surface area (Å²) in [7, 11) is 0. The second kappa shape index (κ2) is 5.67. The molecule has 0 bridgehead atoms. The highest BCUT2D eigenvalue weighted by Crippen LogP contribution is 2.11. The van der Waals surface area contributed by atoms with Crippen LogP contribution in [0.1, 0.15) is 39.6 Å². The van der Waals surface area contributed by atoms with Gasteiger partial charge in [0.15, 0.2) is 11.5 Å². The molecule has 0 radical (unpaired) electrons. The van der Waals surface area contributed by atoms with E-state index in [2.05, 4.69) is 48.5 Å². The zero-order chi connectivity index (χ0) is 13.9. The fourth-order valence-electron chi connectivity index (χ4n) is 1.97. The summed E-state index contributed by atoms with van der Waals surface area (Å²) < 4.78 is 2.02. The fourth-order valence-corrected chi connectivity index (χ4v) is 1.97. The van der Waals surface area contributed by atoms with Gasteiger partial charge in [-0.3, -0.25) is 4.40 Å². The first-order valence-electron chi connectivity index (χ1n) is 6.75. The third kappa shape index (κ3) is 3.75. The van der Waals surface area contributed by atoms with Crippen LogP contribution in [0.15, 0.2) is 24.4 Å². The molecule has 0 aliphatic carbocycles. The van der Waals surface area contributed by atoms with Crippen molar-refractivity contribution < 1.29 is 0 Å². The number of hydrogen-bond donors (Lipinski definition) is 2. The second-order valence-corrected chi connectivity index (χ2v) is 5.84. The van der Waals surface area contributed by atoms with E-state index in [1.54, 1.807) is 0 Å². The van der Waals surface area contributed by atoms with Gasteiger partial charge in [0.05, 0.1) is 6.04 Å². The molecule has 2 heterocycles. The van der Waals surface area contributed by atoms with Gasteiger partial charge in [-0.2, -0.15) is 0 Å². The lowest BCUT2D eigenvalue weighted by molar-refractivity contribution is 0.411. The Morgan fingerprint density at radius 2 is 2.00 bits per heavy atom. The molecule has 0 saturated heterocycles. The van der Waals surface area contributed by atoms with Crippen molar-refractivity contribution in [3.63, 3.8) is 0 Å². The number of hydrogen-bond acceptors (Lipinski definition) is 4. The molecule has 0 aromatic carbocycles. The van der Waals surface area contributed by atoms with Crippen molar-refractivity contribution in [1.29, 1.82) is 0 Å². The van der Waals surface area contributed by atoms with Crippen molar-refractivity contribution in [2.75, 3.05) is 13.1 Å². The second-order valence-electron chi connectivity index (χ2n) is 5.84. The largest absolute Gasteiger partial charge is 0.311 e. The van der Waals surface area contributed by atoms with Crippen molar-refractivity contribution >= 4 is 5.65 Å². The molecule has 2 N–H and O–H groups in total. The maximum Gasteiger partial charge on any atom is 0.160 e. The van der Waals surface area contributed by atoms with Crippen LogP contribution < -0.4 is 10.6 Å². The van der Waals surface area contributed by atoms with Gasteiger partial charge in [-0.15, -0.1) is 10.2 Å². The van der Waals surface area contributed by atoms with E-state index in [0.29, 0.717) is 0 Å². The molecule has 2 aromatic rings. The van der Waals surface area contributed by atoms with Crippen LogP contribution in [0.4, 0.5) is 0 Å². The first-order valence-corrected chi connectivity index (χ1v) is 6.75. The van der Waals surface area contributed by atoms with E-state index in [-0.39, 0.29) is 11.6 Å². The van der Waals surface area contributed by atoms with Gasteiger partial charge in [0.25, 0.3) is 0 Å². The van der Waals surface area contributed by atoms with Gasteiger partial charge in [0.1, 0.15) is 0 Å².